The van der Waals surface area contributed by atoms with Gasteiger partial charge in [-0.15, -0.1) is 0 Å². The summed E-state index contributed by atoms with van der Waals surface area (Å²) >= 11 is 0. The molecule has 0 spiro atoms. The van der Waals surface area contributed by atoms with E-state index in [0.29, 0.717) is 11.6 Å². The van der Waals surface area contributed by atoms with Crippen molar-refractivity contribution < 1.29 is 9.53 Å². The van der Waals surface area contributed by atoms with Crippen LogP contribution >= 0.6 is 0 Å². The molecule has 0 radical (unpaired) electrons. The maximum absolute atomic E-state index is 10.7. The van der Waals surface area contributed by atoms with Gasteiger partial charge in [0.25, 0.3) is 0 Å². The normalized spacial score (nSPS) is 9.85. The van der Waals surface area contributed by atoms with E-state index in [0.717, 1.165) is 11.4 Å². The summed E-state index contributed by atoms with van der Waals surface area (Å²) in [6.07, 6.45) is 0. The Morgan fingerprint density at radius 2 is 1.62 bits per heavy atom. The summed E-state index contributed by atoms with van der Waals surface area (Å²) < 4.78 is 4.87. The highest BCUT2D eigenvalue weighted by Gasteiger charge is 2.07. The van der Waals surface area contributed by atoms with Gasteiger partial charge in [-0.1, -0.05) is 0 Å². The van der Waals surface area contributed by atoms with Gasteiger partial charge in [-0.05, 0) is 20.8 Å². The van der Waals surface area contributed by atoms with Crippen molar-refractivity contribution in [1.82, 2.24) is 9.97 Å². The standard InChI is InChI=1S/C9H12N2O2/c1-5-6(2)11-9(7(3)10-5)13-8(4)12/h1-4H3. The van der Waals surface area contributed by atoms with E-state index in [-0.39, 0.29) is 5.97 Å². The predicted molar refractivity (Wildman–Crippen MR) is 47.6 cm³/mol. The number of carbonyl (C=O) groups excluding carboxylic acids is 1. The highest BCUT2D eigenvalue weighted by molar-refractivity contribution is 5.68. The van der Waals surface area contributed by atoms with Gasteiger partial charge in [0.15, 0.2) is 0 Å². The number of aryl methyl sites for hydroxylation is 3. The number of ether oxygens (including phenoxy) is 1. The lowest BCUT2D eigenvalue weighted by Crippen LogP contribution is -2.07. The minimum Gasteiger partial charge on any atom is -0.406 e. The largest absolute Gasteiger partial charge is 0.406 e. The number of rotatable bonds is 1. The Bertz CT molecular complexity index is 348. The van der Waals surface area contributed by atoms with E-state index in [1.54, 1.807) is 6.92 Å². The molecule has 1 heterocycles. The van der Waals surface area contributed by atoms with Gasteiger partial charge < -0.3 is 4.74 Å². The van der Waals surface area contributed by atoms with Gasteiger partial charge in [0.2, 0.25) is 5.88 Å². The fraction of sp³-hybridized carbons (Fsp3) is 0.444. The number of aromatic nitrogens is 2. The second-order valence-electron chi connectivity index (χ2n) is 2.88. The Labute approximate surface area is 77.0 Å². The fourth-order valence-corrected chi connectivity index (χ4v) is 0.927. The predicted octanol–water partition coefficient (Wildman–Crippen LogP) is 1.33. The Morgan fingerprint density at radius 3 is 2.15 bits per heavy atom. The molecule has 1 rings (SSSR count). The topological polar surface area (TPSA) is 52.1 Å². The quantitative estimate of drug-likeness (QED) is 0.612. The minimum atomic E-state index is -0.374. The SMILES string of the molecule is CC(=O)Oc1nc(C)c(C)nc1C. The Kier molecular flexibility index (Phi) is 2.60. The molecule has 70 valence electrons. The molecular formula is C9H12N2O2. The summed E-state index contributed by atoms with van der Waals surface area (Å²) in [5.74, 6) is -0.0729. The molecular weight excluding hydrogens is 168 g/mol. The Hall–Kier alpha value is -1.45. The van der Waals surface area contributed by atoms with Crippen LogP contribution in [0.2, 0.25) is 0 Å². The molecule has 1 aromatic heterocycles. The summed E-state index contributed by atoms with van der Waals surface area (Å²) in [5, 5.41) is 0. The van der Waals surface area contributed by atoms with Crippen LogP contribution in [0.4, 0.5) is 0 Å². The van der Waals surface area contributed by atoms with Gasteiger partial charge in [-0.2, -0.15) is 0 Å². The zero-order valence-electron chi connectivity index (χ0n) is 8.21. The van der Waals surface area contributed by atoms with Crippen molar-refractivity contribution in [3.05, 3.63) is 17.1 Å². The first-order chi connectivity index (χ1) is 6.00. The molecule has 0 aromatic carbocycles. The number of hydrogen-bond donors (Lipinski definition) is 0. The maximum Gasteiger partial charge on any atom is 0.309 e. The van der Waals surface area contributed by atoms with Crippen molar-refractivity contribution in [2.75, 3.05) is 0 Å². The maximum atomic E-state index is 10.7. The minimum absolute atomic E-state index is 0.301. The van der Waals surface area contributed by atoms with Crippen LogP contribution in [-0.4, -0.2) is 15.9 Å². The lowest BCUT2D eigenvalue weighted by atomic mass is 10.3. The van der Waals surface area contributed by atoms with E-state index in [1.807, 2.05) is 13.8 Å². The fourth-order valence-electron chi connectivity index (χ4n) is 0.927. The van der Waals surface area contributed by atoms with Crippen LogP contribution < -0.4 is 4.74 Å². The average molecular weight is 180 g/mol. The molecule has 1 aromatic rings. The summed E-state index contributed by atoms with van der Waals surface area (Å²) in [6, 6.07) is 0. The van der Waals surface area contributed by atoms with Gasteiger partial charge in [-0.3, -0.25) is 9.78 Å². The van der Waals surface area contributed by atoms with Gasteiger partial charge >= 0.3 is 5.97 Å². The zero-order valence-corrected chi connectivity index (χ0v) is 8.21. The first kappa shape index (κ1) is 9.64. The lowest BCUT2D eigenvalue weighted by Gasteiger charge is -2.05. The summed E-state index contributed by atoms with van der Waals surface area (Å²) in [5.41, 5.74) is 2.27. The number of esters is 1. The van der Waals surface area contributed by atoms with Crippen LogP contribution in [-0.2, 0) is 4.79 Å². The Morgan fingerprint density at radius 1 is 1.08 bits per heavy atom. The van der Waals surface area contributed by atoms with Crippen molar-refractivity contribution in [3.8, 4) is 5.88 Å². The smallest absolute Gasteiger partial charge is 0.309 e. The van der Waals surface area contributed by atoms with E-state index >= 15 is 0 Å². The highest BCUT2D eigenvalue weighted by Crippen LogP contribution is 2.14. The molecule has 4 nitrogen and oxygen atoms in total. The Balaban J connectivity index is 3.08. The third-order valence-electron chi connectivity index (χ3n) is 1.68. The highest BCUT2D eigenvalue weighted by atomic mass is 16.5. The molecule has 0 bridgehead atoms. The van der Waals surface area contributed by atoms with Gasteiger partial charge in [0, 0.05) is 6.92 Å². The van der Waals surface area contributed by atoms with Crippen LogP contribution in [0.3, 0.4) is 0 Å². The summed E-state index contributed by atoms with van der Waals surface area (Å²) in [4.78, 5) is 19.0. The van der Waals surface area contributed by atoms with Crippen LogP contribution in [0.5, 0.6) is 5.88 Å². The molecule has 0 amide bonds. The number of nitrogens with zero attached hydrogens (tertiary/aromatic N) is 2. The third kappa shape index (κ3) is 2.24. The van der Waals surface area contributed by atoms with Gasteiger partial charge in [-0.25, -0.2) is 4.98 Å². The van der Waals surface area contributed by atoms with Crippen LogP contribution in [0.15, 0.2) is 0 Å². The second kappa shape index (κ2) is 3.51. The molecule has 0 fully saturated rings. The van der Waals surface area contributed by atoms with Gasteiger partial charge in [0.05, 0.1) is 11.4 Å². The lowest BCUT2D eigenvalue weighted by molar-refractivity contribution is -0.132. The number of hydrogen-bond acceptors (Lipinski definition) is 4. The first-order valence-electron chi connectivity index (χ1n) is 4.01. The molecule has 0 atom stereocenters. The van der Waals surface area contributed by atoms with E-state index in [9.17, 15) is 4.79 Å². The van der Waals surface area contributed by atoms with E-state index in [1.165, 1.54) is 6.92 Å². The molecule has 4 heteroatoms. The zero-order chi connectivity index (χ0) is 10.0. The molecule has 0 N–H and O–H groups in total. The molecule has 0 unspecified atom stereocenters. The molecule has 0 saturated heterocycles. The van der Waals surface area contributed by atoms with Crippen LogP contribution in [0.25, 0.3) is 0 Å². The molecule has 0 aliphatic carbocycles. The molecule has 0 saturated carbocycles. The average Bonchev–Trinajstić information content (AvgIpc) is 1.99. The molecule has 13 heavy (non-hydrogen) atoms. The van der Waals surface area contributed by atoms with Crippen molar-refractivity contribution in [2.24, 2.45) is 0 Å². The van der Waals surface area contributed by atoms with E-state index in [4.69, 9.17) is 4.74 Å². The first-order valence-corrected chi connectivity index (χ1v) is 4.01. The van der Waals surface area contributed by atoms with E-state index < -0.39 is 0 Å². The molecule has 0 aliphatic heterocycles. The second-order valence-corrected chi connectivity index (χ2v) is 2.88. The third-order valence-corrected chi connectivity index (χ3v) is 1.68. The van der Waals surface area contributed by atoms with Crippen LogP contribution in [0.1, 0.15) is 24.0 Å². The number of carbonyl (C=O) groups is 1. The monoisotopic (exact) mass is 180 g/mol. The van der Waals surface area contributed by atoms with Gasteiger partial charge in [0.1, 0.15) is 5.69 Å². The molecule has 0 aliphatic rings. The summed E-state index contributed by atoms with van der Waals surface area (Å²) in [6.45, 7) is 6.80. The summed E-state index contributed by atoms with van der Waals surface area (Å²) in [7, 11) is 0. The van der Waals surface area contributed by atoms with Crippen molar-refractivity contribution >= 4 is 5.97 Å². The van der Waals surface area contributed by atoms with Crippen molar-refractivity contribution in [1.29, 1.82) is 0 Å². The van der Waals surface area contributed by atoms with Crippen molar-refractivity contribution in [3.63, 3.8) is 0 Å². The van der Waals surface area contributed by atoms with E-state index in [2.05, 4.69) is 9.97 Å². The van der Waals surface area contributed by atoms with Crippen LogP contribution in [0, 0.1) is 20.8 Å². The van der Waals surface area contributed by atoms with Crippen molar-refractivity contribution in [2.45, 2.75) is 27.7 Å².